The normalized spacial score (nSPS) is 18.4. The highest BCUT2D eigenvalue weighted by atomic mass is 16.3. The lowest BCUT2D eigenvalue weighted by Crippen LogP contribution is -2.50. The largest absolute Gasteiger partial charge is 0.461 e. The molecule has 0 spiro atoms. The molecule has 1 aliphatic heterocycles. The number of carbonyl (C=O) groups is 3. The van der Waals surface area contributed by atoms with Crippen LogP contribution < -0.4 is 10.6 Å². The number of imide groups is 1. The fourth-order valence-electron chi connectivity index (χ4n) is 2.81. The number of nitrogens with one attached hydrogen (secondary N) is 2. The van der Waals surface area contributed by atoms with E-state index in [1.807, 2.05) is 25.7 Å². The van der Waals surface area contributed by atoms with Crippen LogP contribution in [0, 0.1) is 0 Å². The van der Waals surface area contributed by atoms with Crippen molar-refractivity contribution >= 4 is 17.7 Å². The molecule has 0 saturated carbocycles. The summed E-state index contributed by atoms with van der Waals surface area (Å²) in [6.45, 7) is 6.37. The van der Waals surface area contributed by atoms with Gasteiger partial charge in [-0.15, -0.1) is 0 Å². The second-order valence-electron chi connectivity index (χ2n) is 7.12. The molecule has 0 bridgehead atoms. The summed E-state index contributed by atoms with van der Waals surface area (Å²) in [5.74, 6) is -0.0901. The number of hydrogen-bond donors (Lipinski definition) is 2. The van der Waals surface area contributed by atoms with Crippen LogP contribution in [0.2, 0.25) is 0 Å². The van der Waals surface area contributed by atoms with Gasteiger partial charge in [0.05, 0.1) is 12.8 Å². The van der Waals surface area contributed by atoms with Crippen molar-refractivity contribution in [2.24, 2.45) is 0 Å². The van der Waals surface area contributed by atoms with Crippen LogP contribution in [0.4, 0.5) is 4.79 Å². The Bertz CT molecular complexity index is 589. The Morgan fingerprint density at radius 3 is 2.71 bits per heavy atom. The van der Waals surface area contributed by atoms with Crippen molar-refractivity contribution in [3.63, 3.8) is 0 Å². The summed E-state index contributed by atoms with van der Waals surface area (Å²) in [7, 11) is 0. The maximum Gasteiger partial charge on any atom is 0.321 e. The number of urea groups is 1. The minimum Gasteiger partial charge on any atom is -0.461 e. The Balaban J connectivity index is 1.83. The zero-order valence-electron chi connectivity index (χ0n) is 14.4. The van der Waals surface area contributed by atoms with Crippen LogP contribution in [0.5, 0.6) is 0 Å². The SMILES string of the molecule is CC(C)(C)NC(=O)NC(=O)CN1CCC[C@H]1CC(=O)c1ccco1. The van der Waals surface area contributed by atoms with Gasteiger partial charge in [0.2, 0.25) is 5.91 Å². The average Bonchev–Trinajstić information content (AvgIpc) is 3.08. The molecule has 2 N–H and O–H groups in total. The van der Waals surface area contributed by atoms with Gasteiger partial charge in [-0.25, -0.2) is 4.79 Å². The number of ketones is 1. The molecule has 1 aliphatic rings. The minimum atomic E-state index is -0.505. The molecule has 132 valence electrons. The number of amides is 3. The van der Waals surface area contributed by atoms with E-state index in [4.69, 9.17) is 4.42 Å². The molecular formula is C17H25N3O4. The predicted octanol–water partition coefficient (Wildman–Crippen LogP) is 1.94. The Labute approximate surface area is 141 Å². The molecule has 3 amide bonds. The lowest BCUT2D eigenvalue weighted by molar-refractivity contribution is -0.121. The van der Waals surface area contributed by atoms with Crippen LogP contribution in [-0.2, 0) is 4.79 Å². The van der Waals surface area contributed by atoms with Crippen LogP contribution >= 0.6 is 0 Å². The second-order valence-corrected chi connectivity index (χ2v) is 7.12. The topological polar surface area (TPSA) is 91.7 Å². The van der Waals surface area contributed by atoms with Gasteiger partial charge in [-0.2, -0.15) is 0 Å². The molecule has 1 atom stereocenters. The number of rotatable bonds is 5. The van der Waals surface area contributed by atoms with Gasteiger partial charge < -0.3 is 9.73 Å². The Morgan fingerprint density at radius 2 is 2.08 bits per heavy atom. The van der Waals surface area contributed by atoms with E-state index in [0.29, 0.717) is 12.2 Å². The molecule has 7 nitrogen and oxygen atoms in total. The fraction of sp³-hybridized carbons (Fsp3) is 0.588. The van der Waals surface area contributed by atoms with Gasteiger partial charge in [0.1, 0.15) is 0 Å². The third-order valence-corrected chi connectivity index (χ3v) is 3.80. The van der Waals surface area contributed by atoms with Gasteiger partial charge in [0, 0.05) is 18.0 Å². The summed E-state index contributed by atoms with van der Waals surface area (Å²) in [6, 6.07) is 2.82. The molecule has 1 aromatic rings. The first kappa shape index (κ1) is 18.2. The van der Waals surface area contributed by atoms with Gasteiger partial charge >= 0.3 is 6.03 Å². The van der Waals surface area contributed by atoms with Crippen LogP contribution in [0.3, 0.4) is 0 Å². The summed E-state index contributed by atoms with van der Waals surface area (Å²) < 4.78 is 5.12. The third-order valence-electron chi connectivity index (χ3n) is 3.80. The van der Waals surface area contributed by atoms with E-state index in [9.17, 15) is 14.4 Å². The van der Waals surface area contributed by atoms with Crippen LogP contribution in [0.25, 0.3) is 0 Å². The van der Waals surface area contributed by atoms with E-state index in [-0.39, 0.29) is 24.3 Å². The molecule has 0 aromatic carbocycles. The van der Waals surface area contributed by atoms with Crippen molar-refractivity contribution in [1.82, 2.24) is 15.5 Å². The zero-order valence-corrected chi connectivity index (χ0v) is 14.4. The Hall–Kier alpha value is -2.15. The number of hydrogen-bond acceptors (Lipinski definition) is 5. The molecule has 24 heavy (non-hydrogen) atoms. The first-order chi connectivity index (χ1) is 11.2. The Kier molecular flexibility index (Phi) is 5.77. The summed E-state index contributed by atoms with van der Waals surface area (Å²) in [4.78, 5) is 37.9. The van der Waals surface area contributed by atoms with E-state index in [1.165, 1.54) is 6.26 Å². The first-order valence-electron chi connectivity index (χ1n) is 8.17. The molecule has 1 saturated heterocycles. The lowest BCUT2D eigenvalue weighted by atomic mass is 10.1. The summed E-state index contributed by atoms with van der Waals surface area (Å²) in [5, 5.41) is 5.01. The first-order valence-corrected chi connectivity index (χ1v) is 8.17. The molecule has 7 heteroatoms. The van der Waals surface area contributed by atoms with Crippen LogP contribution in [-0.4, -0.2) is 47.3 Å². The molecule has 2 rings (SSSR count). The average molecular weight is 335 g/mol. The number of nitrogens with zero attached hydrogens (tertiary/aromatic N) is 1. The fourth-order valence-corrected chi connectivity index (χ4v) is 2.81. The number of likely N-dealkylation sites (tertiary alicyclic amines) is 1. The van der Waals surface area contributed by atoms with Crippen molar-refractivity contribution in [1.29, 1.82) is 0 Å². The van der Waals surface area contributed by atoms with E-state index < -0.39 is 11.6 Å². The number of furan rings is 1. The highest BCUT2D eigenvalue weighted by molar-refractivity contribution is 5.96. The van der Waals surface area contributed by atoms with Crippen molar-refractivity contribution in [3.05, 3.63) is 24.2 Å². The maximum absolute atomic E-state index is 12.1. The maximum atomic E-state index is 12.1. The monoisotopic (exact) mass is 335 g/mol. The molecule has 0 radical (unpaired) electrons. The third kappa shape index (κ3) is 5.49. The van der Waals surface area contributed by atoms with Gasteiger partial charge in [-0.1, -0.05) is 0 Å². The molecule has 0 unspecified atom stereocenters. The summed E-state index contributed by atoms with van der Waals surface area (Å²) in [6.07, 6.45) is 3.57. The summed E-state index contributed by atoms with van der Waals surface area (Å²) >= 11 is 0. The van der Waals surface area contributed by atoms with E-state index in [0.717, 1.165) is 19.4 Å². The van der Waals surface area contributed by atoms with E-state index >= 15 is 0 Å². The van der Waals surface area contributed by atoms with Gasteiger partial charge in [-0.05, 0) is 52.3 Å². The highest BCUT2D eigenvalue weighted by Crippen LogP contribution is 2.21. The molecule has 0 aliphatic carbocycles. The van der Waals surface area contributed by atoms with Crippen molar-refractivity contribution in [3.8, 4) is 0 Å². The van der Waals surface area contributed by atoms with Crippen molar-refractivity contribution in [2.75, 3.05) is 13.1 Å². The van der Waals surface area contributed by atoms with Gasteiger partial charge in [0.15, 0.2) is 11.5 Å². The Morgan fingerprint density at radius 1 is 1.33 bits per heavy atom. The summed E-state index contributed by atoms with van der Waals surface area (Å²) in [5.41, 5.74) is -0.407. The van der Waals surface area contributed by atoms with Gasteiger partial charge in [0.25, 0.3) is 0 Å². The number of carbonyl (C=O) groups excluding carboxylic acids is 3. The molecule has 2 heterocycles. The van der Waals surface area contributed by atoms with E-state index in [2.05, 4.69) is 10.6 Å². The smallest absolute Gasteiger partial charge is 0.321 e. The van der Waals surface area contributed by atoms with Crippen LogP contribution in [0.1, 0.15) is 50.6 Å². The number of Topliss-reactive ketones (excluding diaryl/α,β-unsaturated/α-hetero) is 1. The quantitative estimate of drug-likeness (QED) is 0.802. The molecule has 1 fully saturated rings. The highest BCUT2D eigenvalue weighted by Gasteiger charge is 2.29. The van der Waals surface area contributed by atoms with Gasteiger partial charge in [-0.3, -0.25) is 19.8 Å². The molecular weight excluding hydrogens is 310 g/mol. The zero-order chi connectivity index (χ0) is 17.7. The van der Waals surface area contributed by atoms with Crippen LogP contribution in [0.15, 0.2) is 22.8 Å². The van der Waals surface area contributed by atoms with Crippen molar-refractivity contribution in [2.45, 2.75) is 51.6 Å². The predicted molar refractivity (Wildman–Crippen MR) is 88.7 cm³/mol. The minimum absolute atomic E-state index is 0.000901. The lowest BCUT2D eigenvalue weighted by Gasteiger charge is -2.24. The standard InChI is InChI=1S/C17H25N3O4/c1-17(2,3)19-16(23)18-15(22)11-20-8-4-6-12(20)10-13(21)14-7-5-9-24-14/h5,7,9,12H,4,6,8,10-11H2,1-3H3,(H2,18,19,22,23)/t12-/m0/s1. The molecule has 1 aromatic heterocycles. The van der Waals surface area contributed by atoms with Crippen molar-refractivity contribution < 1.29 is 18.8 Å². The second kappa shape index (κ2) is 7.61. The van der Waals surface area contributed by atoms with E-state index in [1.54, 1.807) is 12.1 Å².